The van der Waals surface area contributed by atoms with E-state index in [2.05, 4.69) is 19.2 Å². The van der Waals surface area contributed by atoms with Crippen LogP contribution in [0.4, 0.5) is 0 Å². The summed E-state index contributed by atoms with van der Waals surface area (Å²) in [5.41, 5.74) is 1.12. The minimum absolute atomic E-state index is 0.176. The molecule has 0 saturated heterocycles. The first-order chi connectivity index (χ1) is 17.2. The Morgan fingerprint density at radius 2 is 1.09 bits per heavy atom. The van der Waals surface area contributed by atoms with E-state index in [4.69, 9.17) is 9.47 Å². The zero-order chi connectivity index (χ0) is 25.4. The summed E-state index contributed by atoms with van der Waals surface area (Å²) in [6.07, 6.45) is 17.0. The quantitative estimate of drug-likeness (QED) is 0.127. The third-order valence-corrected chi connectivity index (χ3v) is 6.29. The average molecular weight is 490 g/mol. The van der Waals surface area contributed by atoms with E-state index in [1.54, 1.807) is 0 Å². The number of esters is 2. The van der Waals surface area contributed by atoms with Crippen molar-refractivity contribution >= 4 is 11.9 Å². The highest BCUT2D eigenvalue weighted by molar-refractivity contribution is 5.74. The number of carbonyl (C=O) groups excluding carboxylic acids is 2. The highest BCUT2D eigenvalue weighted by Gasteiger charge is 2.19. The van der Waals surface area contributed by atoms with E-state index in [1.165, 1.54) is 64.2 Å². The molecule has 0 aliphatic heterocycles. The zero-order valence-electron chi connectivity index (χ0n) is 22.5. The van der Waals surface area contributed by atoms with Crippen LogP contribution in [0.1, 0.15) is 122 Å². The first-order valence-electron chi connectivity index (χ1n) is 14.2. The van der Waals surface area contributed by atoms with Crippen LogP contribution in [-0.2, 0) is 25.6 Å². The summed E-state index contributed by atoms with van der Waals surface area (Å²) >= 11 is 0. The number of unbranched alkanes of at least 4 members (excludes halogenated alkanes) is 12. The normalized spacial score (nSPS) is 11.1. The zero-order valence-corrected chi connectivity index (χ0v) is 22.5. The lowest BCUT2D eigenvalue weighted by molar-refractivity contribution is -0.146. The standard InChI is InChI=1S/C30H51NO4/c1-3-5-7-9-11-13-18-22-34-29(32)24-28(31-26-27-20-16-15-17-21-27)25-30(33)35-23-19-14-12-10-8-6-4-2/h15-17,20-21,28,31H,3-14,18-19,22-26H2,1-2H3. The molecule has 1 rings (SSSR count). The van der Waals surface area contributed by atoms with Gasteiger partial charge in [0.05, 0.1) is 26.1 Å². The fourth-order valence-corrected chi connectivity index (χ4v) is 4.09. The average Bonchev–Trinajstić information content (AvgIpc) is 2.86. The van der Waals surface area contributed by atoms with Gasteiger partial charge >= 0.3 is 11.9 Å². The van der Waals surface area contributed by atoms with Crippen LogP contribution in [0.25, 0.3) is 0 Å². The van der Waals surface area contributed by atoms with Gasteiger partial charge in [-0.25, -0.2) is 0 Å². The maximum absolute atomic E-state index is 12.4. The molecule has 1 aromatic carbocycles. The number of benzene rings is 1. The van der Waals surface area contributed by atoms with Crippen molar-refractivity contribution in [3.05, 3.63) is 35.9 Å². The molecule has 0 bridgehead atoms. The summed E-state index contributed by atoms with van der Waals surface area (Å²) in [5, 5.41) is 3.36. The molecule has 0 amide bonds. The van der Waals surface area contributed by atoms with Gasteiger partial charge in [-0.15, -0.1) is 0 Å². The molecular formula is C30H51NO4. The van der Waals surface area contributed by atoms with Gasteiger partial charge in [0.15, 0.2) is 0 Å². The Hall–Kier alpha value is -1.88. The van der Waals surface area contributed by atoms with Crippen molar-refractivity contribution in [3.8, 4) is 0 Å². The van der Waals surface area contributed by atoms with Gasteiger partial charge in [0.2, 0.25) is 0 Å². The van der Waals surface area contributed by atoms with Crippen molar-refractivity contribution in [2.45, 2.75) is 129 Å². The summed E-state index contributed by atoms with van der Waals surface area (Å²) in [7, 11) is 0. The molecule has 1 N–H and O–H groups in total. The van der Waals surface area contributed by atoms with Gasteiger partial charge in [-0.1, -0.05) is 121 Å². The molecule has 0 spiro atoms. The Labute approximate surface area is 214 Å². The summed E-state index contributed by atoms with van der Waals surface area (Å²) in [5.74, 6) is -0.497. The van der Waals surface area contributed by atoms with Gasteiger partial charge in [-0.2, -0.15) is 0 Å². The molecule has 200 valence electrons. The molecule has 5 nitrogen and oxygen atoms in total. The Kier molecular flexibility index (Phi) is 20.1. The fourth-order valence-electron chi connectivity index (χ4n) is 4.09. The van der Waals surface area contributed by atoms with Crippen LogP contribution in [0.15, 0.2) is 30.3 Å². The lowest BCUT2D eigenvalue weighted by atomic mass is 10.1. The maximum Gasteiger partial charge on any atom is 0.307 e. The number of hydrogen-bond donors (Lipinski definition) is 1. The van der Waals surface area contributed by atoms with Crippen LogP contribution >= 0.6 is 0 Å². The second-order valence-corrected chi connectivity index (χ2v) is 9.66. The van der Waals surface area contributed by atoms with Crippen LogP contribution < -0.4 is 5.32 Å². The fraction of sp³-hybridized carbons (Fsp3) is 0.733. The third kappa shape index (κ3) is 19.0. The minimum Gasteiger partial charge on any atom is -0.466 e. The van der Waals surface area contributed by atoms with E-state index in [0.717, 1.165) is 31.2 Å². The monoisotopic (exact) mass is 489 g/mol. The maximum atomic E-state index is 12.4. The number of ether oxygens (including phenoxy) is 2. The summed E-state index contributed by atoms with van der Waals surface area (Å²) in [4.78, 5) is 24.8. The summed E-state index contributed by atoms with van der Waals surface area (Å²) < 4.78 is 10.9. The molecule has 0 saturated carbocycles. The van der Waals surface area contributed by atoms with Crippen molar-refractivity contribution in [3.63, 3.8) is 0 Å². The Morgan fingerprint density at radius 1 is 0.657 bits per heavy atom. The van der Waals surface area contributed by atoms with Crippen LogP contribution in [0.2, 0.25) is 0 Å². The first-order valence-corrected chi connectivity index (χ1v) is 14.2. The summed E-state index contributed by atoms with van der Waals surface area (Å²) in [6, 6.07) is 9.71. The lowest BCUT2D eigenvalue weighted by Crippen LogP contribution is -2.34. The van der Waals surface area contributed by atoms with E-state index >= 15 is 0 Å². The molecule has 0 fully saturated rings. The third-order valence-electron chi connectivity index (χ3n) is 6.29. The number of nitrogens with one attached hydrogen (secondary N) is 1. The van der Waals surface area contributed by atoms with E-state index in [0.29, 0.717) is 19.8 Å². The first kappa shape index (κ1) is 31.2. The van der Waals surface area contributed by atoms with Crippen LogP contribution in [0.5, 0.6) is 0 Å². The van der Waals surface area contributed by atoms with Crippen molar-refractivity contribution in [2.75, 3.05) is 13.2 Å². The van der Waals surface area contributed by atoms with E-state index in [9.17, 15) is 9.59 Å². The molecule has 0 aliphatic carbocycles. The molecule has 1 aromatic rings. The molecule has 5 heteroatoms. The van der Waals surface area contributed by atoms with Crippen molar-refractivity contribution < 1.29 is 19.1 Å². The van der Waals surface area contributed by atoms with Crippen molar-refractivity contribution in [2.24, 2.45) is 0 Å². The highest BCUT2D eigenvalue weighted by atomic mass is 16.5. The molecule has 0 aromatic heterocycles. The second kappa shape index (κ2) is 22.6. The molecule has 0 unspecified atom stereocenters. The summed E-state index contributed by atoms with van der Waals surface area (Å²) in [6.45, 7) is 5.96. The number of hydrogen-bond acceptors (Lipinski definition) is 5. The predicted octanol–water partition coefficient (Wildman–Crippen LogP) is 7.51. The van der Waals surface area contributed by atoms with Gasteiger partial charge in [0.1, 0.15) is 0 Å². The Bertz CT molecular complexity index is 601. The smallest absolute Gasteiger partial charge is 0.307 e. The van der Waals surface area contributed by atoms with E-state index < -0.39 is 0 Å². The van der Waals surface area contributed by atoms with Crippen LogP contribution in [0, 0.1) is 0 Å². The second-order valence-electron chi connectivity index (χ2n) is 9.66. The largest absolute Gasteiger partial charge is 0.466 e. The molecule has 0 radical (unpaired) electrons. The minimum atomic E-state index is -0.293. The van der Waals surface area contributed by atoms with Crippen LogP contribution in [-0.4, -0.2) is 31.2 Å². The number of carbonyl (C=O) groups is 2. The van der Waals surface area contributed by atoms with Gasteiger partial charge in [-0.05, 0) is 18.4 Å². The van der Waals surface area contributed by atoms with Gasteiger partial charge in [0, 0.05) is 12.6 Å². The van der Waals surface area contributed by atoms with Crippen molar-refractivity contribution in [1.82, 2.24) is 5.32 Å². The van der Waals surface area contributed by atoms with Crippen LogP contribution in [0.3, 0.4) is 0 Å². The van der Waals surface area contributed by atoms with Gasteiger partial charge < -0.3 is 14.8 Å². The molecule has 0 aliphatic rings. The molecular weight excluding hydrogens is 438 g/mol. The Morgan fingerprint density at radius 3 is 1.54 bits per heavy atom. The lowest BCUT2D eigenvalue weighted by Gasteiger charge is -2.18. The molecule has 35 heavy (non-hydrogen) atoms. The predicted molar refractivity (Wildman–Crippen MR) is 144 cm³/mol. The van der Waals surface area contributed by atoms with Gasteiger partial charge in [-0.3, -0.25) is 9.59 Å². The van der Waals surface area contributed by atoms with E-state index in [-0.39, 0.29) is 30.8 Å². The van der Waals surface area contributed by atoms with Crippen molar-refractivity contribution in [1.29, 1.82) is 0 Å². The van der Waals surface area contributed by atoms with E-state index in [1.807, 2.05) is 30.3 Å². The number of rotatable bonds is 23. The SMILES string of the molecule is CCCCCCCCCOC(=O)CC(CC(=O)OCCCCCCCCC)NCc1ccccc1. The van der Waals surface area contributed by atoms with Gasteiger partial charge in [0.25, 0.3) is 0 Å². The Balaban J connectivity index is 2.32. The molecule has 0 heterocycles. The highest BCUT2D eigenvalue weighted by Crippen LogP contribution is 2.10. The molecule has 0 atom stereocenters. The topological polar surface area (TPSA) is 64.6 Å².